The highest BCUT2D eigenvalue weighted by molar-refractivity contribution is 7.99. The molecule has 0 spiro atoms. The van der Waals surface area contributed by atoms with Gasteiger partial charge in [0.25, 0.3) is 5.22 Å². The third-order valence-corrected chi connectivity index (χ3v) is 6.53. The number of amides is 1. The van der Waals surface area contributed by atoms with Gasteiger partial charge in [-0.05, 0) is 44.0 Å². The van der Waals surface area contributed by atoms with E-state index in [0.717, 1.165) is 22.2 Å². The number of carbonyl (C=O) groups excluding carboxylic acids is 2. The summed E-state index contributed by atoms with van der Waals surface area (Å²) in [5.41, 5.74) is 2.01. The highest BCUT2D eigenvalue weighted by Gasteiger charge is 2.24. The van der Waals surface area contributed by atoms with Gasteiger partial charge in [0, 0.05) is 10.4 Å². The van der Waals surface area contributed by atoms with Crippen LogP contribution in [-0.4, -0.2) is 41.2 Å². The summed E-state index contributed by atoms with van der Waals surface area (Å²) in [5.74, 6) is 0.927. The summed E-state index contributed by atoms with van der Waals surface area (Å²) in [7, 11) is 0. The van der Waals surface area contributed by atoms with E-state index in [4.69, 9.17) is 18.6 Å². The molecule has 3 aromatic rings. The molecule has 4 rings (SSSR count). The zero-order chi connectivity index (χ0) is 22.7. The molecular formula is C21H21N3O6S2. The van der Waals surface area contributed by atoms with Crippen molar-refractivity contribution in [3.05, 3.63) is 34.2 Å². The van der Waals surface area contributed by atoms with Crippen molar-refractivity contribution < 1.29 is 28.2 Å². The van der Waals surface area contributed by atoms with E-state index in [1.165, 1.54) is 11.3 Å². The van der Waals surface area contributed by atoms with Crippen LogP contribution < -0.4 is 14.8 Å². The zero-order valence-electron chi connectivity index (χ0n) is 17.7. The molecule has 32 heavy (non-hydrogen) atoms. The van der Waals surface area contributed by atoms with Gasteiger partial charge in [0.05, 0.1) is 17.9 Å². The topological polar surface area (TPSA) is 113 Å². The van der Waals surface area contributed by atoms with Crippen LogP contribution in [0.2, 0.25) is 0 Å². The summed E-state index contributed by atoms with van der Waals surface area (Å²) >= 11 is 2.48. The molecule has 3 heterocycles. The normalized spacial score (nSPS) is 12.1. The van der Waals surface area contributed by atoms with Gasteiger partial charge in [-0.2, -0.15) is 0 Å². The second kappa shape index (κ2) is 9.61. The number of hydrogen-bond acceptors (Lipinski definition) is 10. The van der Waals surface area contributed by atoms with E-state index in [1.54, 1.807) is 25.1 Å². The Hall–Kier alpha value is -3.05. The number of ether oxygens (including phenoxy) is 3. The average Bonchev–Trinajstić information content (AvgIpc) is 3.50. The lowest BCUT2D eigenvalue weighted by Crippen LogP contribution is -2.16. The highest BCUT2D eigenvalue weighted by Crippen LogP contribution is 2.36. The first kappa shape index (κ1) is 22.2. The molecule has 0 radical (unpaired) electrons. The Morgan fingerprint density at radius 3 is 2.81 bits per heavy atom. The second-order valence-electron chi connectivity index (χ2n) is 6.69. The summed E-state index contributed by atoms with van der Waals surface area (Å²) in [6.07, 6.45) is 0.672. The predicted octanol–water partition coefficient (Wildman–Crippen LogP) is 4.31. The molecular weight excluding hydrogens is 454 g/mol. The fourth-order valence-electron chi connectivity index (χ4n) is 3.22. The Bertz CT molecular complexity index is 1160. The molecule has 0 unspecified atom stereocenters. The van der Waals surface area contributed by atoms with Crippen molar-refractivity contribution in [1.29, 1.82) is 0 Å². The minimum atomic E-state index is -0.429. The van der Waals surface area contributed by atoms with E-state index in [2.05, 4.69) is 15.5 Å². The van der Waals surface area contributed by atoms with Crippen LogP contribution in [-0.2, 0) is 16.0 Å². The number of nitrogens with zero attached hydrogens (tertiary/aromatic N) is 2. The van der Waals surface area contributed by atoms with E-state index < -0.39 is 5.97 Å². The molecule has 1 N–H and O–H groups in total. The lowest BCUT2D eigenvalue weighted by atomic mass is 10.1. The number of aryl methyl sites for hydroxylation is 1. The van der Waals surface area contributed by atoms with E-state index in [-0.39, 0.29) is 30.3 Å². The van der Waals surface area contributed by atoms with Gasteiger partial charge in [-0.1, -0.05) is 18.7 Å². The van der Waals surface area contributed by atoms with E-state index >= 15 is 0 Å². The summed E-state index contributed by atoms with van der Waals surface area (Å²) in [6.45, 7) is 6.09. The van der Waals surface area contributed by atoms with Crippen molar-refractivity contribution in [3.63, 3.8) is 0 Å². The first-order valence-corrected chi connectivity index (χ1v) is 11.8. The first-order chi connectivity index (χ1) is 15.5. The fraction of sp³-hybridized carbons (Fsp3) is 0.333. The van der Waals surface area contributed by atoms with Crippen molar-refractivity contribution in [2.24, 2.45) is 0 Å². The van der Waals surface area contributed by atoms with Gasteiger partial charge < -0.3 is 23.9 Å². The molecule has 0 saturated carbocycles. The molecule has 0 aliphatic carbocycles. The molecule has 2 aromatic heterocycles. The number of fused-ring (bicyclic) bond motifs is 1. The van der Waals surface area contributed by atoms with Gasteiger partial charge in [-0.25, -0.2) is 4.79 Å². The molecule has 0 fully saturated rings. The van der Waals surface area contributed by atoms with Crippen LogP contribution in [0.1, 0.15) is 34.6 Å². The van der Waals surface area contributed by atoms with Crippen LogP contribution in [0.15, 0.2) is 27.8 Å². The van der Waals surface area contributed by atoms with Crippen LogP contribution in [0, 0.1) is 6.92 Å². The maximum absolute atomic E-state index is 12.5. The fourth-order valence-corrected chi connectivity index (χ4v) is 4.93. The third kappa shape index (κ3) is 4.58. The Morgan fingerprint density at radius 2 is 2.03 bits per heavy atom. The lowest BCUT2D eigenvalue weighted by Gasteiger charge is -2.07. The number of thiophene rings is 1. The van der Waals surface area contributed by atoms with E-state index in [9.17, 15) is 9.59 Å². The summed E-state index contributed by atoms with van der Waals surface area (Å²) < 4.78 is 21.5. The highest BCUT2D eigenvalue weighted by atomic mass is 32.2. The van der Waals surface area contributed by atoms with Crippen LogP contribution in [0.4, 0.5) is 5.00 Å². The smallest absolute Gasteiger partial charge is 0.341 e. The molecule has 1 amide bonds. The molecule has 168 valence electrons. The summed E-state index contributed by atoms with van der Waals surface area (Å²) in [4.78, 5) is 25.9. The van der Waals surface area contributed by atoms with Gasteiger partial charge in [0.2, 0.25) is 18.6 Å². The van der Waals surface area contributed by atoms with Gasteiger partial charge in [-0.15, -0.1) is 21.5 Å². The van der Waals surface area contributed by atoms with E-state index in [1.807, 2.05) is 13.8 Å². The van der Waals surface area contributed by atoms with Crippen molar-refractivity contribution in [2.75, 3.05) is 24.5 Å². The predicted molar refractivity (Wildman–Crippen MR) is 120 cm³/mol. The van der Waals surface area contributed by atoms with Gasteiger partial charge in [-0.3, -0.25) is 4.79 Å². The SMILES string of the molecule is CCOC(=O)c1c(NC(=O)CSc2nnc(-c3ccc4c(c3)OCO4)o2)sc(C)c1CC. The molecule has 0 saturated heterocycles. The van der Waals surface area contributed by atoms with Crippen LogP contribution >= 0.6 is 23.1 Å². The molecule has 0 bridgehead atoms. The lowest BCUT2D eigenvalue weighted by molar-refractivity contribution is -0.113. The Kier molecular flexibility index (Phi) is 6.66. The number of thioether (sulfide) groups is 1. The first-order valence-electron chi connectivity index (χ1n) is 9.95. The minimum Gasteiger partial charge on any atom is -0.462 e. The Labute approximate surface area is 192 Å². The molecule has 11 heteroatoms. The maximum atomic E-state index is 12.5. The number of rotatable bonds is 8. The third-order valence-electron chi connectivity index (χ3n) is 4.65. The van der Waals surface area contributed by atoms with E-state index in [0.29, 0.717) is 39.9 Å². The van der Waals surface area contributed by atoms with Gasteiger partial charge in [0.1, 0.15) is 5.00 Å². The van der Waals surface area contributed by atoms with Gasteiger partial charge in [0.15, 0.2) is 11.5 Å². The number of esters is 1. The van der Waals surface area contributed by atoms with Crippen LogP contribution in [0.3, 0.4) is 0 Å². The molecule has 0 atom stereocenters. The number of nitrogens with one attached hydrogen (secondary N) is 1. The summed E-state index contributed by atoms with van der Waals surface area (Å²) in [6, 6.07) is 5.33. The summed E-state index contributed by atoms with van der Waals surface area (Å²) in [5, 5.41) is 11.6. The van der Waals surface area contributed by atoms with Crippen molar-refractivity contribution in [1.82, 2.24) is 10.2 Å². The van der Waals surface area contributed by atoms with Crippen molar-refractivity contribution in [2.45, 2.75) is 32.4 Å². The average molecular weight is 476 g/mol. The Morgan fingerprint density at radius 1 is 1.22 bits per heavy atom. The standard InChI is InChI=1S/C21H21N3O6S2/c1-4-13-11(3)32-19(17(13)20(26)27-5-2)22-16(25)9-31-21-24-23-18(30-21)12-6-7-14-15(8-12)29-10-28-14/h6-8H,4-5,9-10H2,1-3H3,(H,22,25). The minimum absolute atomic E-state index is 0.0451. The second-order valence-corrected chi connectivity index (χ2v) is 8.84. The van der Waals surface area contributed by atoms with Crippen LogP contribution in [0.5, 0.6) is 11.5 Å². The Balaban J connectivity index is 1.40. The number of hydrogen-bond donors (Lipinski definition) is 1. The largest absolute Gasteiger partial charge is 0.462 e. The monoisotopic (exact) mass is 475 g/mol. The molecule has 1 aliphatic heterocycles. The molecule has 9 nitrogen and oxygen atoms in total. The number of benzene rings is 1. The molecule has 1 aromatic carbocycles. The van der Waals surface area contributed by atoms with Gasteiger partial charge >= 0.3 is 5.97 Å². The maximum Gasteiger partial charge on any atom is 0.341 e. The zero-order valence-corrected chi connectivity index (χ0v) is 19.4. The van der Waals surface area contributed by atoms with Crippen molar-refractivity contribution in [3.8, 4) is 23.0 Å². The number of anilines is 1. The number of aromatic nitrogens is 2. The van der Waals surface area contributed by atoms with Crippen LogP contribution in [0.25, 0.3) is 11.5 Å². The quantitative estimate of drug-likeness (QED) is 0.376. The number of carbonyl (C=O) groups is 2. The van der Waals surface area contributed by atoms with Crippen molar-refractivity contribution >= 4 is 40.0 Å². The molecule has 1 aliphatic rings.